The second-order valence-electron chi connectivity index (χ2n) is 6.05. The Balaban J connectivity index is 1.71. The summed E-state index contributed by atoms with van der Waals surface area (Å²) in [6.07, 6.45) is 1.51. The number of rotatable bonds is 4. The summed E-state index contributed by atoms with van der Waals surface area (Å²) in [5.41, 5.74) is 1.02. The number of hydrogen-bond acceptors (Lipinski definition) is 4. The fraction of sp³-hybridized carbons (Fsp3) is 0. The standard InChI is InChI=1S/C21H13ClFN3O3/c22-13-9-7-12(8-10-13)20(27)26-18-17-16(6-3-11-24-17)29-19(18)21(28)25-15-5-2-1-4-14(15)23/h1-11H,(H,25,28)(H,26,27). The van der Waals surface area contributed by atoms with Crippen LogP contribution in [0.15, 0.2) is 71.3 Å². The van der Waals surface area contributed by atoms with Crippen molar-refractivity contribution in [2.45, 2.75) is 0 Å². The van der Waals surface area contributed by atoms with Gasteiger partial charge in [0, 0.05) is 16.8 Å². The summed E-state index contributed by atoms with van der Waals surface area (Å²) < 4.78 is 19.5. The number of benzene rings is 2. The lowest BCUT2D eigenvalue weighted by atomic mass is 10.2. The third kappa shape index (κ3) is 3.81. The number of anilines is 2. The third-order valence-corrected chi connectivity index (χ3v) is 4.37. The molecule has 0 saturated heterocycles. The van der Waals surface area contributed by atoms with E-state index in [-0.39, 0.29) is 17.1 Å². The van der Waals surface area contributed by atoms with Gasteiger partial charge < -0.3 is 15.1 Å². The number of aromatic nitrogens is 1. The molecule has 4 rings (SSSR count). The lowest BCUT2D eigenvalue weighted by molar-refractivity contribution is 0.0999. The Kier molecular flexibility index (Phi) is 4.97. The summed E-state index contributed by atoms with van der Waals surface area (Å²) in [4.78, 5) is 29.6. The number of hydrogen-bond donors (Lipinski definition) is 2. The van der Waals surface area contributed by atoms with Crippen LogP contribution in [0.4, 0.5) is 15.8 Å². The first-order valence-corrected chi connectivity index (χ1v) is 8.91. The van der Waals surface area contributed by atoms with E-state index in [0.717, 1.165) is 0 Å². The summed E-state index contributed by atoms with van der Waals surface area (Å²) in [5, 5.41) is 5.59. The summed E-state index contributed by atoms with van der Waals surface area (Å²) in [5.74, 6) is -1.99. The summed E-state index contributed by atoms with van der Waals surface area (Å²) in [6.45, 7) is 0. The van der Waals surface area contributed by atoms with Crippen molar-refractivity contribution in [2.75, 3.05) is 10.6 Å². The molecule has 0 bridgehead atoms. The molecule has 2 heterocycles. The maximum absolute atomic E-state index is 13.9. The van der Waals surface area contributed by atoms with Gasteiger partial charge in [-0.05, 0) is 48.5 Å². The van der Waals surface area contributed by atoms with Crippen molar-refractivity contribution in [1.82, 2.24) is 4.98 Å². The first-order chi connectivity index (χ1) is 14.0. The van der Waals surface area contributed by atoms with Crippen molar-refractivity contribution < 1.29 is 18.4 Å². The number of pyridine rings is 1. The van der Waals surface area contributed by atoms with Crippen LogP contribution in [0.2, 0.25) is 5.02 Å². The number of carbonyl (C=O) groups is 2. The average molecular weight is 410 g/mol. The van der Waals surface area contributed by atoms with Crippen LogP contribution in [0.25, 0.3) is 11.1 Å². The highest BCUT2D eigenvalue weighted by Crippen LogP contribution is 2.30. The van der Waals surface area contributed by atoms with Crippen LogP contribution < -0.4 is 10.6 Å². The lowest BCUT2D eigenvalue weighted by Gasteiger charge is -2.08. The molecule has 0 aliphatic rings. The highest BCUT2D eigenvalue weighted by Gasteiger charge is 2.24. The van der Waals surface area contributed by atoms with Gasteiger partial charge in [-0.15, -0.1) is 0 Å². The molecule has 29 heavy (non-hydrogen) atoms. The Labute approximate surface area is 169 Å². The molecule has 2 N–H and O–H groups in total. The minimum atomic E-state index is -0.723. The molecular formula is C21H13ClFN3O3. The zero-order valence-corrected chi connectivity index (χ0v) is 15.5. The van der Waals surface area contributed by atoms with Gasteiger partial charge in [0.15, 0.2) is 5.58 Å². The highest BCUT2D eigenvalue weighted by atomic mass is 35.5. The second kappa shape index (κ2) is 7.73. The van der Waals surface area contributed by atoms with E-state index in [1.165, 1.54) is 24.4 Å². The molecule has 2 amide bonds. The third-order valence-electron chi connectivity index (χ3n) is 4.12. The quantitative estimate of drug-likeness (QED) is 0.489. The van der Waals surface area contributed by atoms with Gasteiger partial charge in [-0.2, -0.15) is 0 Å². The predicted octanol–water partition coefficient (Wildman–Crippen LogP) is 5.12. The number of halogens is 2. The minimum absolute atomic E-state index is 0.0131. The number of nitrogens with zero attached hydrogens (tertiary/aromatic N) is 1. The zero-order chi connectivity index (χ0) is 20.4. The summed E-state index contributed by atoms with van der Waals surface area (Å²) in [6, 6.07) is 15.2. The number of carbonyl (C=O) groups excluding carboxylic acids is 2. The molecule has 8 heteroatoms. The fourth-order valence-electron chi connectivity index (χ4n) is 2.73. The average Bonchev–Trinajstić information content (AvgIpc) is 3.09. The summed E-state index contributed by atoms with van der Waals surface area (Å²) in [7, 11) is 0. The van der Waals surface area contributed by atoms with Crippen molar-refractivity contribution in [1.29, 1.82) is 0 Å². The van der Waals surface area contributed by atoms with Crippen LogP contribution >= 0.6 is 11.6 Å². The van der Waals surface area contributed by atoms with E-state index in [1.807, 2.05) is 0 Å². The van der Waals surface area contributed by atoms with E-state index in [0.29, 0.717) is 21.7 Å². The van der Waals surface area contributed by atoms with Gasteiger partial charge in [0.05, 0.1) is 5.69 Å². The molecule has 0 aliphatic heterocycles. The molecule has 0 saturated carbocycles. The molecule has 0 spiro atoms. The molecule has 144 valence electrons. The number of furan rings is 1. The molecule has 0 fully saturated rings. The van der Waals surface area contributed by atoms with Gasteiger partial charge in [-0.3, -0.25) is 14.6 Å². The molecule has 6 nitrogen and oxygen atoms in total. The van der Waals surface area contributed by atoms with E-state index in [9.17, 15) is 14.0 Å². The van der Waals surface area contributed by atoms with Gasteiger partial charge in [0.25, 0.3) is 11.8 Å². The van der Waals surface area contributed by atoms with E-state index in [4.69, 9.17) is 16.0 Å². The first-order valence-electron chi connectivity index (χ1n) is 8.53. The molecule has 2 aromatic carbocycles. The number of fused-ring (bicyclic) bond motifs is 1. The van der Waals surface area contributed by atoms with E-state index in [1.54, 1.807) is 42.5 Å². The Bertz CT molecular complexity index is 1220. The van der Waals surface area contributed by atoms with Crippen LogP contribution in [0.1, 0.15) is 20.9 Å². The van der Waals surface area contributed by atoms with Crippen molar-refractivity contribution in [2.24, 2.45) is 0 Å². The Morgan fingerprint density at radius 3 is 2.45 bits per heavy atom. The van der Waals surface area contributed by atoms with E-state index >= 15 is 0 Å². The van der Waals surface area contributed by atoms with Crippen LogP contribution in [0, 0.1) is 5.82 Å². The predicted molar refractivity (Wildman–Crippen MR) is 108 cm³/mol. The maximum atomic E-state index is 13.9. The largest absolute Gasteiger partial charge is 0.447 e. The Morgan fingerprint density at radius 1 is 0.931 bits per heavy atom. The molecule has 2 aromatic heterocycles. The normalized spacial score (nSPS) is 10.7. The lowest BCUT2D eigenvalue weighted by Crippen LogP contribution is -2.17. The molecule has 0 atom stereocenters. The first kappa shape index (κ1) is 18.6. The molecular weight excluding hydrogens is 397 g/mol. The smallest absolute Gasteiger partial charge is 0.293 e. The van der Waals surface area contributed by atoms with Gasteiger partial charge >= 0.3 is 0 Å². The zero-order valence-electron chi connectivity index (χ0n) is 14.8. The Morgan fingerprint density at radius 2 is 1.69 bits per heavy atom. The van der Waals surface area contributed by atoms with E-state index in [2.05, 4.69) is 15.6 Å². The van der Waals surface area contributed by atoms with Crippen molar-refractivity contribution >= 4 is 45.9 Å². The monoisotopic (exact) mass is 409 g/mol. The molecule has 0 aliphatic carbocycles. The van der Waals surface area contributed by atoms with Crippen LogP contribution in [0.3, 0.4) is 0 Å². The Hall–Kier alpha value is -3.71. The summed E-state index contributed by atoms with van der Waals surface area (Å²) >= 11 is 5.85. The molecule has 0 unspecified atom stereocenters. The van der Waals surface area contributed by atoms with Crippen molar-refractivity contribution in [3.8, 4) is 0 Å². The van der Waals surface area contributed by atoms with Gasteiger partial charge in [-0.1, -0.05) is 23.7 Å². The fourth-order valence-corrected chi connectivity index (χ4v) is 2.86. The SMILES string of the molecule is O=C(Nc1c(C(=O)Nc2ccccc2F)oc2cccnc12)c1ccc(Cl)cc1. The van der Waals surface area contributed by atoms with Crippen molar-refractivity contribution in [3.63, 3.8) is 0 Å². The highest BCUT2D eigenvalue weighted by molar-refractivity contribution is 6.30. The number of amides is 2. The topological polar surface area (TPSA) is 84.2 Å². The van der Waals surface area contributed by atoms with Gasteiger partial charge in [0.1, 0.15) is 17.0 Å². The maximum Gasteiger partial charge on any atom is 0.293 e. The number of para-hydroxylation sites is 1. The molecule has 0 radical (unpaired) electrons. The minimum Gasteiger partial charge on any atom is -0.447 e. The van der Waals surface area contributed by atoms with Crippen LogP contribution in [0.5, 0.6) is 0 Å². The van der Waals surface area contributed by atoms with Gasteiger partial charge in [0.2, 0.25) is 5.76 Å². The van der Waals surface area contributed by atoms with Crippen molar-refractivity contribution in [3.05, 3.63) is 89.0 Å². The van der Waals surface area contributed by atoms with E-state index < -0.39 is 17.6 Å². The van der Waals surface area contributed by atoms with Crippen LogP contribution in [-0.2, 0) is 0 Å². The number of nitrogens with one attached hydrogen (secondary N) is 2. The second-order valence-corrected chi connectivity index (χ2v) is 6.49. The van der Waals surface area contributed by atoms with Gasteiger partial charge in [-0.25, -0.2) is 4.39 Å². The molecule has 4 aromatic rings. The van der Waals surface area contributed by atoms with Crippen LogP contribution in [-0.4, -0.2) is 16.8 Å².